The minimum Gasteiger partial charge on any atom is -0.322 e. The van der Waals surface area contributed by atoms with Crippen molar-refractivity contribution in [1.82, 2.24) is 0 Å². The summed E-state index contributed by atoms with van der Waals surface area (Å²) in [4.78, 5) is 24.8. The number of rotatable bonds is 6. The number of amides is 1. The first kappa shape index (κ1) is 17.9. The van der Waals surface area contributed by atoms with Gasteiger partial charge in [-0.05, 0) is 48.5 Å². The average molecular weight is 365 g/mol. The van der Waals surface area contributed by atoms with Crippen LogP contribution < -0.4 is 5.32 Å². The number of hydrogen-bond donors (Lipinski definition) is 1. The minimum absolute atomic E-state index is 0.0980. The number of nitrogens with one attached hydrogen (secondary N) is 1. The molecule has 0 heterocycles. The van der Waals surface area contributed by atoms with Crippen LogP contribution in [0.2, 0.25) is 0 Å². The summed E-state index contributed by atoms with van der Waals surface area (Å²) in [6, 6.07) is 21.9. The largest absolute Gasteiger partial charge is 0.322 e. The Morgan fingerprint density at radius 1 is 0.808 bits per heavy atom. The van der Waals surface area contributed by atoms with Gasteiger partial charge in [-0.2, -0.15) is 0 Å². The van der Waals surface area contributed by atoms with Crippen LogP contribution in [0.4, 0.5) is 10.1 Å². The van der Waals surface area contributed by atoms with Crippen LogP contribution in [0.3, 0.4) is 0 Å². The van der Waals surface area contributed by atoms with E-state index in [1.165, 1.54) is 17.8 Å². The van der Waals surface area contributed by atoms with Crippen LogP contribution in [-0.4, -0.2) is 17.4 Å². The van der Waals surface area contributed by atoms with Crippen molar-refractivity contribution in [1.29, 1.82) is 0 Å². The molecule has 1 N–H and O–H groups in total. The number of Topliss-reactive ketones (excluding diaryl/α,β-unsaturated/α-hetero) is 1. The highest BCUT2D eigenvalue weighted by molar-refractivity contribution is 8.00. The van der Waals surface area contributed by atoms with Crippen molar-refractivity contribution >= 4 is 29.1 Å². The van der Waals surface area contributed by atoms with Gasteiger partial charge < -0.3 is 5.32 Å². The molecule has 0 aromatic heterocycles. The molecule has 3 aromatic carbocycles. The Bertz CT molecular complexity index is 911. The molecule has 3 aromatic rings. The molecule has 0 aliphatic rings. The van der Waals surface area contributed by atoms with E-state index in [-0.39, 0.29) is 23.3 Å². The van der Waals surface area contributed by atoms with Gasteiger partial charge in [0.2, 0.25) is 0 Å². The maximum Gasteiger partial charge on any atom is 0.255 e. The molecule has 1 amide bonds. The number of thioether (sulfide) groups is 1. The predicted octanol–water partition coefficient (Wildman–Crippen LogP) is 5.05. The van der Waals surface area contributed by atoms with Crippen molar-refractivity contribution in [2.24, 2.45) is 0 Å². The molecule has 0 saturated heterocycles. The van der Waals surface area contributed by atoms with Crippen molar-refractivity contribution in [3.63, 3.8) is 0 Å². The molecule has 130 valence electrons. The zero-order chi connectivity index (χ0) is 18.4. The SMILES string of the molecule is O=C(CSc1ccccc1F)c1ccc(NC(=O)c2ccccc2)cc1. The van der Waals surface area contributed by atoms with Crippen molar-refractivity contribution < 1.29 is 14.0 Å². The van der Waals surface area contributed by atoms with Gasteiger partial charge in [0.05, 0.1) is 5.75 Å². The summed E-state index contributed by atoms with van der Waals surface area (Å²) < 4.78 is 13.6. The van der Waals surface area contributed by atoms with Crippen molar-refractivity contribution in [2.45, 2.75) is 4.90 Å². The normalized spacial score (nSPS) is 10.3. The molecular formula is C21H16FNO2S. The number of carbonyl (C=O) groups is 2. The summed E-state index contributed by atoms with van der Waals surface area (Å²) in [5.41, 5.74) is 1.69. The Kier molecular flexibility index (Phi) is 5.81. The van der Waals surface area contributed by atoms with Crippen molar-refractivity contribution in [3.05, 3.63) is 95.8 Å². The predicted molar refractivity (Wildman–Crippen MR) is 102 cm³/mol. The van der Waals surface area contributed by atoms with Crippen LogP contribution in [0.25, 0.3) is 0 Å². The number of ketones is 1. The second-order valence-electron chi connectivity index (χ2n) is 5.54. The molecule has 3 nitrogen and oxygen atoms in total. The molecule has 0 unspecified atom stereocenters. The first-order valence-corrected chi connectivity index (χ1v) is 8.99. The standard InChI is InChI=1S/C21H16FNO2S/c22-18-8-4-5-9-20(18)26-14-19(24)15-10-12-17(13-11-15)23-21(25)16-6-2-1-3-7-16/h1-13H,14H2,(H,23,25). The molecule has 0 fully saturated rings. The monoisotopic (exact) mass is 365 g/mol. The summed E-state index contributed by atoms with van der Waals surface area (Å²) in [6.45, 7) is 0. The van der Waals surface area contributed by atoms with Gasteiger partial charge in [0.15, 0.2) is 5.78 Å². The van der Waals surface area contributed by atoms with Crippen LogP contribution in [0.1, 0.15) is 20.7 Å². The maximum atomic E-state index is 13.6. The highest BCUT2D eigenvalue weighted by atomic mass is 32.2. The molecule has 0 radical (unpaired) electrons. The molecular weight excluding hydrogens is 349 g/mol. The summed E-state index contributed by atoms with van der Waals surface area (Å²) in [6.07, 6.45) is 0. The number of halogens is 1. The zero-order valence-corrected chi connectivity index (χ0v) is 14.6. The van der Waals surface area contributed by atoms with Gasteiger partial charge in [-0.25, -0.2) is 4.39 Å². The summed E-state index contributed by atoms with van der Waals surface area (Å²) >= 11 is 1.17. The molecule has 3 rings (SSSR count). The van der Waals surface area contributed by atoms with Gasteiger partial charge in [0, 0.05) is 21.7 Å². The lowest BCUT2D eigenvalue weighted by atomic mass is 10.1. The smallest absolute Gasteiger partial charge is 0.255 e. The van der Waals surface area contributed by atoms with Crippen molar-refractivity contribution in [2.75, 3.05) is 11.1 Å². The van der Waals surface area contributed by atoms with E-state index in [2.05, 4.69) is 5.32 Å². The third-order valence-electron chi connectivity index (χ3n) is 3.70. The summed E-state index contributed by atoms with van der Waals surface area (Å²) in [5, 5.41) is 2.78. The van der Waals surface area contributed by atoms with Crippen LogP contribution in [0, 0.1) is 5.82 Å². The van der Waals surface area contributed by atoms with Gasteiger partial charge in [-0.3, -0.25) is 9.59 Å². The molecule has 0 bridgehead atoms. The first-order valence-electron chi connectivity index (χ1n) is 8.00. The molecule has 0 aliphatic heterocycles. The lowest BCUT2D eigenvalue weighted by molar-refractivity contribution is 0.101. The van der Waals surface area contributed by atoms with Gasteiger partial charge in [0.1, 0.15) is 5.82 Å². The Morgan fingerprint density at radius 2 is 1.46 bits per heavy atom. The number of anilines is 1. The van der Waals surface area contributed by atoms with Crippen molar-refractivity contribution in [3.8, 4) is 0 Å². The molecule has 0 spiro atoms. The molecule has 0 aliphatic carbocycles. The van der Waals surface area contributed by atoms with E-state index in [0.29, 0.717) is 21.7 Å². The molecule has 0 saturated carbocycles. The fourth-order valence-electron chi connectivity index (χ4n) is 2.32. The Hall–Kier alpha value is -2.92. The number of carbonyl (C=O) groups excluding carboxylic acids is 2. The topological polar surface area (TPSA) is 46.2 Å². The fraction of sp³-hybridized carbons (Fsp3) is 0.0476. The third-order valence-corrected chi connectivity index (χ3v) is 4.74. The van der Waals surface area contributed by atoms with Gasteiger partial charge in [-0.1, -0.05) is 30.3 Å². The van der Waals surface area contributed by atoms with Crippen LogP contribution in [0.5, 0.6) is 0 Å². The summed E-state index contributed by atoms with van der Waals surface area (Å²) in [7, 11) is 0. The van der Waals surface area contributed by atoms with Crippen LogP contribution >= 0.6 is 11.8 Å². The number of benzene rings is 3. The van der Waals surface area contributed by atoms with E-state index < -0.39 is 0 Å². The zero-order valence-electron chi connectivity index (χ0n) is 13.8. The summed E-state index contributed by atoms with van der Waals surface area (Å²) in [5.74, 6) is -0.486. The van der Waals surface area contributed by atoms with E-state index in [9.17, 15) is 14.0 Å². The van der Waals surface area contributed by atoms with E-state index in [1.807, 2.05) is 6.07 Å². The Labute approximate surface area is 155 Å². The first-order chi connectivity index (χ1) is 12.6. The van der Waals surface area contributed by atoms with E-state index in [0.717, 1.165) is 0 Å². The highest BCUT2D eigenvalue weighted by Crippen LogP contribution is 2.22. The highest BCUT2D eigenvalue weighted by Gasteiger charge is 2.10. The van der Waals surface area contributed by atoms with E-state index in [4.69, 9.17) is 0 Å². The average Bonchev–Trinajstić information content (AvgIpc) is 2.68. The second-order valence-corrected chi connectivity index (χ2v) is 6.56. The second kappa shape index (κ2) is 8.45. The lowest BCUT2D eigenvalue weighted by Crippen LogP contribution is -2.11. The van der Waals surface area contributed by atoms with Crippen LogP contribution in [-0.2, 0) is 0 Å². The van der Waals surface area contributed by atoms with Gasteiger partial charge >= 0.3 is 0 Å². The molecule has 5 heteroatoms. The molecule has 26 heavy (non-hydrogen) atoms. The quantitative estimate of drug-likeness (QED) is 0.491. The lowest BCUT2D eigenvalue weighted by Gasteiger charge is -2.07. The number of hydrogen-bond acceptors (Lipinski definition) is 3. The maximum absolute atomic E-state index is 13.6. The van der Waals surface area contributed by atoms with Gasteiger partial charge in [-0.15, -0.1) is 11.8 Å². The third kappa shape index (κ3) is 4.58. The van der Waals surface area contributed by atoms with Gasteiger partial charge in [0.25, 0.3) is 5.91 Å². The fourth-order valence-corrected chi connectivity index (χ4v) is 3.15. The van der Waals surface area contributed by atoms with E-state index >= 15 is 0 Å². The minimum atomic E-state index is -0.329. The molecule has 0 atom stereocenters. The van der Waals surface area contributed by atoms with Crippen LogP contribution in [0.15, 0.2) is 83.8 Å². The Balaban J connectivity index is 1.59. The Morgan fingerprint density at radius 3 is 2.15 bits per heavy atom. The van der Waals surface area contributed by atoms with E-state index in [1.54, 1.807) is 66.7 Å².